The highest BCUT2D eigenvalue weighted by Crippen LogP contribution is 2.38. The number of ether oxygens (including phenoxy) is 1. The fourth-order valence-electron chi connectivity index (χ4n) is 3.38. The van der Waals surface area contributed by atoms with Crippen LogP contribution in [0.4, 0.5) is 0 Å². The minimum absolute atomic E-state index is 0.104. The standard InChI is InChI=1S/C18H30N4OS/c1-5-19-16(22-8-6-18(12-22)7-9-23-13-18)20-10-15-21-14(11-24-15)17(2,3)4/h11H,5-10,12-13H2,1-4H3,(H,19,20). The van der Waals surface area contributed by atoms with Crippen molar-refractivity contribution in [2.24, 2.45) is 10.4 Å². The normalized spacial score (nSPS) is 25.0. The monoisotopic (exact) mass is 350 g/mol. The molecule has 2 aliphatic heterocycles. The van der Waals surface area contributed by atoms with Crippen LogP contribution in [0, 0.1) is 5.41 Å². The molecule has 24 heavy (non-hydrogen) atoms. The summed E-state index contributed by atoms with van der Waals surface area (Å²) in [4.78, 5) is 12.0. The Balaban J connectivity index is 1.67. The van der Waals surface area contributed by atoms with Crippen molar-refractivity contribution < 1.29 is 4.74 Å². The summed E-state index contributed by atoms with van der Waals surface area (Å²) >= 11 is 1.71. The fraction of sp³-hybridized carbons (Fsp3) is 0.778. The van der Waals surface area contributed by atoms with Gasteiger partial charge in [-0.1, -0.05) is 20.8 Å². The maximum Gasteiger partial charge on any atom is 0.194 e. The van der Waals surface area contributed by atoms with Crippen molar-refractivity contribution in [3.8, 4) is 0 Å². The summed E-state index contributed by atoms with van der Waals surface area (Å²) in [6.45, 7) is 14.2. The topological polar surface area (TPSA) is 49.8 Å². The highest BCUT2D eigenvalue weighted by atomic mass is 32.1. The van der Waals surface area contributed by atoms with Crippen LogP contribution in [-0.2, 0) is 16.7 Å². The number of hydrogen-bond donors (Lipinski definition) is 1. The van der Waals surface area contributed by atoms with Gasteiger partial charge in [0.05, 0.1) is 18.8 Å². The minimum atomic E-state index is 0.104. The maximum atomic E-state index is 5.64. The van der Waals surface area contributed by atoms with Crippen molar-refractivity contribution >= 4 is 17.3 Å². The first-order chi connectivity index (χ1) is 11.4. The molecule has 1 spiro atoms. The van der Waals surface area contributed by atoms with E-state index in [0.717, 1.165) is 49.5 Å². The number of nitrogens with one attached hydrogen (secondary N) is 1. The predicted octanol–water partition coefficient (Wildman–Crippen LogP) is 3.02. The smallest absolute Gasteiger partial charge is 0.194 e. The van der Waals surface area contributed by atoms with Gasteiger partial charge in [-0.3, -0.25) is 0 Å². The summed E-state index contributed by atoms with van der Waals surface area (Å²) in [6.07, 6.45) is 2.40. The Morgan fingerprint density at radius 2 is 2.29 bits per heavy atom. The molecule has 3 heterocycles. The Morgan fingerprint density at radius 1 is 1.46 bits per heavy atom. The Bertz CT molecular complexity index is 584. The van der Waals surface area contributed by atoms with Crippen molar-refractivity contribution in [1.29, 1.82) is 0 Å². The number of guanidine groups is 1. The predicted molar refractivity (Wildman–Crippen MR) is 99.7 cm³/mol. The lowest BCUT2D eigenvalue weighted by molar-refractivity contribution is 0.156. The first-order valence-corrected chi connectivity index (χ1v) is 9.86. The molecule has 0 aromatic carbocycles. The number of rotatable bonds is 3. The van der Waals surface area contributed by atoms with E-state index < -0.39 is 0 Å². The van der Waals surface area contributed by atoms with Crippen LogP contribution in [0.5, 0.6) is 0 Å². The summed E-state index contributed by atoms with van der Waals surface area (Å²) in [5.41, 5.74) is 1.62. The van der Waals surface area contributed by atoms with Gasteiger partial charge in [0, 0.05) is 42.5 Å². The molecule has 5 nitrogen and oxygen atoms in total. The molecule has 2 saturated heterocycles. The number of hydrogen-bond acceptors (Lipinski definition) is 4. The van der Waals surface area contributed by atoms with Crippen LogP contribution >= 0.6 is 11.3 Å². The molecule has 2 aliphatic rings. The zero-order valence-electron chi connectivity index (χ0n) is 15.4. The molecule has 1 N–H and O–H groups in total. The summed E-state index contributed by atoms with van der Waals surface area (Å²) in [7, 11) is 0. The largest absolute Gasteiger partial charge is 0.381 e. The highest BCUT2D eigenvalue weighted by molar-refractivity contribution is 7.09. The summed E-state index contributed by atoms with van der Waals surface area (Å²) in [5, 5.41) is 6.71. The van der Waals surface area contributed by atoms with Gasteiger partial charge in [-0.15, -0.1) is 11.3 Å². The van der Waals surface area contributed by atoms with Gasteiger partial charge in [0.15, 0.2) is 5.96 Å². The first-order valence-electron chi connectivity index (χ1n) is 8.98. The van der Waals surface area contributed by atoms with E-state index in [1.54, 1.807) is 11.3 Å². The molecule has 6 heteroatoms. The van der Waals surface area contributed by atoms with Gasteiger partial charge in [0.25, 0.3) is 0 Å². The third-order valence-corrected chi connectivity index (χ3v) is 5.78. The van der Waals surface area contributed by atoms with Crippen LogP contribution < -0.4 is 5.32 Å². The van der Waals surface area contributed by atoms with Crippen LogP contribution in [0.3, 0.4) is 0 Å². The molecule has 1 aromatic heterocycles. The molecule has 3 rings (SSSR count). The zero-order chi connectivity index (χ0) is 17.2. The third kappa shape index (κ3) is 3.91. The Kier molecular flexibility index (Phi) is 5.16. The van der Waals surface area contributed by atoms with Crippen molar-refractivity contribution in [3.63, 3.8) is 0 Å². The Morgan fingerprint density at radius 3 is 2.92 bits per heavy atom. The van der Waals surface area contributed by atoms with E-state index in [0.29, 0.717) is 12.0 Å². The number of thiazole rings is 1. The van der Waals surface area contributed by atoms with Gasteiger partial charge in [-0.25, -0.2) is 9.98 Å². The van der Waals surface area contributed by atoms with Gasteiger partial charge in [0.1, 0.15) is 5.01 Å². The van der Waals surface area contributed by atoms with Gasteiger partial charge < -0.3 is 15.0 Å². The van der Waals surface area contributed by atoms with Crippen molar-refractivity contribution in [1.82, 2.24) is 15.2 Å². The average Bonchev–Trinajstić information content (AvgIpc) is 3.25. The van der Waals surface area contributed by atoms with E-state index in [-0.39, 0.29) is 5.41 Å². The molecule has 0 radical (unpaired) electrons. The number of aliphatic imine (C=N–C) groups is 1. The minimum Gasteiger partial charge on any atom is -0.381 e. The lowest BCUT2D eigenvalue weighted by Gasteiger charge is -2.24. The van der Waals surface area contributed by atoms with Crippen molar-refractivity contribution in [2.75, 3.05) is 32.8 Å². The highest BCUT2D eigenvalue weighted by Gasteiger charge is 2.42. The fourth-order valence-corrected chi connectivity index (χ4v) is 4.33. The van der Waals surface area contributed by atoms with Gasteiger partial charge in [-0.2, -0.15) is 0 Å². The molecular formula is C18H30N4OS. The van der Waals surface area contributed by atoms with Crippen LogP contribution in [0.2, 0.25) is 0 Å². The van der Waals surface area contributed by atoms with Crippen molar-refractivity contribution in [2.45, 2.75) is 52.5 Å². The number of aromatic nitrogens is 1. The van der Waals surface area contributed by atoms with Gasteiger partial charge in [0.2, 0.25) is 0 Å². The van der Waals surface area contributed by atoms with Gasteiger partial charge in [-0.05, 0) is 19.8 Å². The quantitative estimate of drug-likeness (QED) is 0.672. The second kappa shape index (κ2) is 7.00. The molecule has 0 aliphatic carbocycles. The Labute approximate surface area is 149 Å². The summed E-state index contributed by atoms with van der Waals surface area (Å²) in [6, 6.07) is 0. The lowest BCUT2D eigenvalue weighted by atomic mass is 9.87. The van der Waals surface area contributed by atoms with E-state index in [1.165, 1.54) is 12.8 Å². The first kappa shape index (κ1) is 17.7. The maximum absolute atomic E-state index is 5.64. The molecule has 1 aromatic rings. The van der Waals surface area contributed by atoms with Crippen LogP contribution in [0.25, 0.3) is 0 Å². The van der Waals surface area contributed by atoms with Crippen LogP contribution in [-0.4, -0.2) is 48.7 Å². The molecule has 1 unspecified atom stereocenters. The SMILES string of the molecule is CCNC(=NCc1nc(C(C)(C)C)cs1)N1CCC2(CCOC2)C1. The molecule has 1 atom stereocenters. The molecule has 134 valence electrons. The second-order valence-electron chi connectivity index (χ2n) is 8.02. The second-order valence-corrected chi connectivity index (χ2v) is 8.96. The van der Waals surface area contributed by atoms with E-state index in [9.17, 15) is 0 Å². The molecule has 2 fully saturated rings. The van der Waals surface area contributed by atoms with Crippen molar-refractivity contribution in [3.05, 3.63) is 16.1 Å². The molecule has 0 saturated carbocycles. The zero-order valence-corrected chi connectivity index (χ0v) is 16.2. The molecule has 0 bridgehead atoms. The number of likely N-dealkylation sites (tertiary alicyclic amines) is 1. The third-order valence-electron chi connectivity index (χ3n) is 4.94. The Hall–Kier alpha value is -1.14. The van der Waals surface area contributed by atoms with Crippen LogP contribution in [0.15, 0.2) is 10.4 Å². The van der Waals surface area contributed by atoms with E-state index in [4.69, 9.17) is 14.7 Å². The van der Waals surface area contributed by atoms with Crippen LogP contribution in [0.1, 0.15) is 51.2 Å². The summed E-state index contributed by atoms with van der Waals surface area (Å²) in [5.74, 6) is 1.02. The van der Waals surface area contributed by atoms with E-state index >= 15 is 0 Å². The van der Waals surface area contributed by atoms with E-state index in [1.807, 2.05) is 0 Å². The average molecular weight is 351 g/mol. The number of nitrogens with zero attached hydrogens (tertiary/aromatic N) is 3. The summed E-state index contributed by atoms with van der Waals surface area (Å²) < 4.78 is 5.64. The van der Waals surface area contributed by atoms with E-state index in [2.05, 4.69) is 43.3 Å². The lowest BCUT2D eigenvalue weighted by Crippen LogP contribution is -2.41. The molecule has 0 amide bonds. The van der Waals surface area contributed by atoms with Gasteiger partial charge >= 0.3 is 0 Å². The molecular weight excluding hydrogens is 320 g/mol.